The molecule has 3 aromatic rings. The number of phenols is 1. The van der Waals surface area contributed by atoms with E-state index in [1.54, 1.807) is 20.8 Å². The van der Waals surface area contributed by atoms with E-state index < -0.39 is 5.97 Å². The first kappa shape index (κ1) is 22.1. The van der Waals surface area contributed by atoms with Gasteiger partial charge in [-0.1, -0.05) is 24.3 Å². The van der Waals surface area contributed by atoms with Gasteiger partial charge < -0.3 is 19.0 Å². The van der Waals surface area contributed by atoms with E-state index in [1.165, 1.54) is 0 Å². The Labute approximate surface area is 186 Å². The predicted molar refractivity (Wildman–Crippen MR) is 121 cm³/mol. The highest BCUT2D eigenvalue weighted by Gasteiger charge is 2.30. The third kappa shape index (κ3) is 3.93. The molecule has 0 spiro atoms. The van der Waals surface area contributed by atoms with Crippen LogP contribution in [0.2, 0.25) is 0 Å². The van der Waals surface area contributed by atoms with Gasteiger partial charge in [-0.3, -0.25) is 9.69 Å². The number of piperidine rings is 1. The van der Waals surface area contributed by atoms with Crippen LogP contribution in [0.3, 0.4) is 0 Å². The first-order chi connectivity index (χ1) is 15.5. The molecule has 0 saturated carbocycles. The first-order valence-electron chi connectivity index (χ1n) is 11.2. The van der Waals surface area contributed by atoms with Crippen molar-refractivity contribution < 1.29 is 28.6 Å². The standard InChI is InChI=1S/C25H29NO6/c1-4-30-24(28)16-9-8-12-26(13-16)14-19-21-20(25(29)31-5-2)15(3)32-23(21)18-11-7-6-10-17(18)22(19)27/h6-7,10-11,16,27H,4-5,8-9,12-14H2,1-3H3/t16-/m1/s1. The molecule has 0 amide bonds. The molecule has 7 nitrogen and oxygen atoms in total. The maximum Gasteiger partial charge on any atom is 0.342 e. The van der Waals surface area contributed by atoms with Gasteiger partial charge in [0.2, 0.25) is 0 Å². The van der Waals surface area contributed by atoms with Gasteiger partial charge in [-0.15, -0.1) is 0 Å². The minimum atomic E-state index is -0.470. The van der Waals surface area contributed by atoms with Gasteiger partial charge in [-0.05, 0) is 40.2 Å². The molecule has 2 heterocycles. The van der Waals surface area contributed by atoms with E-state index in [0.717, 1.165) is 24.8 Å². The largest absolute Gasteiger partial charge is 0.507 e. The van der Waals surface area contributed by atoms with Gasteiger partial charge in [0, 0.05) is 34.8 Å². The van der Waals surface area contributed by atoms with Crippen LogP contribution in [0.25, 0.3) is 21.7 Å². The molecule has 1 N–H and O–H groups in total. The molecule has 1 saturated heterocycles. The van der Waals surface area contributed by atoms with Gasteiger partial charge in [-0.2, -0.15) is 0 Å². The monoisotopic (exact) mass is 439 g/mol. The molecule has 4 rings (SSSR count). The van der Waals surface area contributed by atoms with Crippen molar-refractivity contribution in [2.24, 2.45) is 5.92 Å². The fraction of sp³-hybridized carbons (Fsp3) is 0.440. The second-order valence-electron chi connectivity index (χ2n) is 8.16. The topological polar surface area (TPSA) is 89.2 Å². The Morgan fingerprint density at radius 3 is 2.59 bits per heavy atom. The minimum absolute atomic E-state index is 0.123. The molecule has 32 heavy (non-hydrogen) atoms. The molecule has 1 atom stereocenters. The molecule has 0 bridgehead atoms. The Balaban J connectivity index is 1.83. The Kier molecular flexibility index (Phi) is 6.37. The number of phenolic OH excluding ortho intramolecular Hbond substituents is 1. The molecular weight excluding hydrogens is 410 g/mol. The first-order valence-corrected chi connectivity index (χ1v) is 11.2. The van der Waals surface area contributed by atoms with Crippen molar-refractivity contribution in [2.45, 2.75) is 40.2 Å². The van der Waals surface area contributed by atoms with E-state index in [4.69, 9.17) is 13.9 Å². The van der Waals surface area contributed by atoms with Gasteiger partial charge in [-0.25, -0.2) is 4.79 Å². The van der Waals surface area contributed by atoms with Crippen molar-refractivity contribution in [3.8, 4) is 5.75 Å². The normalized spacial score (nSPS) is 17.0. The number of nitrogens with zero attached hydrogens (tertiary/aromatic N) is 1. The molecule has 170 valence electrons. The van der Waals surface area contributed by atoms with E-state index in [1.807, 2.05) is 24.3 Å². The lowest BCUT2D eigenvalue weighted by Crippen LogP contribution is -2.39. The van der Waals surface area contributed by atoms with Crippen LogP contribution in [-0.2, 0) is 20.8 Å². The molecular formula is C25H29NO6. The van der Waals surface area contributed by atoms with Crippen LogP contribution in [0.15, 0.2) is 28.7 Å². The summed E-state index contributed by atoms with van der Waals surface area (Å²) < 4.78 is 16.6. The van der Waals surface area contributed by atoms with Crippen LogP contribution in [0.5, 0.6) is 5.75 Å². The predicted octanol–water partition coefficient (Wildman–Crippen LogP) is 4.55. The number of aryl methyl sites for hydroxylation is 1. The zero-order valence-corrected chi connectivity index (χ0v) is 18.8. The molecule has 2 aromatic carbocycles. The lowest BCUT2D eigenvalue weighted by Gasteiger charge is -2.32. The Hall–Kier alpha value is -3.06. The van der Waals surface area contributed by atoms with Crippen LogP contribution in [0.4, 0.5) is 0 Å². The molecule has 1 aliphatic rings. The quantitative estimate of drug-likeness (QED) is 0.564. The fourth-order valence-electron chi connectivity index (χ4n) is 4.67. The molecule has 1 aliphatic heterocycles. The van der Waals surface area contributed by atoms with Gasteiger partial charge in [0.15, 0.2) is 0 Å². The summed E-state index contributed by atoms with van der Waals surface area (Å²) in [6.45, 7) is 7.61. The van der Waals surface area contributed by atoms with Crippen molar-refractivity contribution in [2.75, 3.05) is 26.3 Å². The second kappa shape index (κ2) is 9.20. The van der Waals surface area contributed by atoms with Gasteiger partial charge in [0.1, 0.15) is 22.7 Å². The Bertz CT molecular complexity index is 1160. The second-order valence-corrected chi connectivity index (χ2v) is 8.16. The van der Waals surface area contributed by atoms with Gasteiger partial charge in [0.05, 0.1) is 19.1 Å². The zero-order chi connectivity index (χ0) is 22.8. The lowest BCUT2D eigenvalue weighted by atomic mass is 9.94. The average Bonchev–Trinajstić information content (AvgIpc) is 3.14. The number of hydrogen-bond acceptors (Lipinski definition) is 7. The number of benzene rings is 2. The maximum atomic E-state index is 12.8. The van der Waals surface area contributed by atoms with E-state index in [2.05, 4.69) is 4.90 Å². The fourth-order valence-corrected chi connectivity index (χ4v) is 4.67. The summed E-state index contributed by atoms with van der Waals surface area (Å²) in [7, 11) is 0. The number of furan rings is 1. The summed E-state index contributed by atoms with van der Waals surface area (Å²) in [5, 5.41) is 13.3. The van der Waals surface area contributed by atoms with Crippen LogP contribution < -0.4 is 0 Å². The van der Waals surface area contributed by atoms with E-state index in [0.29, 0.717) is 52.9 Å². The van der Waals surface area contributed by atoms with Crippen LogP contribution in [0, 0.1) is 12.8 Å². The van der Waals surface area contributed by atoms with Crippen molar-refractivity contribution in [3.05, 3.63) is 41.2 Å². The number of aromatic hydroxyl groups is 1. The number of esters is 2. The summed E-state index contributed by atoms with van der Waals surface area (Å²) in [5.41, 5.74) is 1.52. The van der Waals surface area contributed by atoms with Gasteiger partial charge in [0.25, 0.3) is 0 Å². The number of hydrogen-bond donors (Lipinski definition) is 1. The number of carbonyl (C=O) groups is 2. The van der Waals surface area contributed by atoms with Crippen LogP contribution >= 0.6 is 0 Å². The van der Waals surface area contributed by atoms with Crippen molar-refractivity contribution >= 4 is 33.7 Å². The average molecular weight is 440 g/mol. The molecule has 0 unspecified atom stereocenters. The van der Waals surface area contributed by atoms with E-state index >= 15 is 0 Å². The summed E-state index contributed by atoms with van der Waals surface area (Å²) in [6, 6.07) is 7.44. The number of ether oxygens (including phenoxy) is 2. The number of fused-ring (bicyclic) bond motifs is 3. The minimum Gasteiger partial charge on any atom is -0.507 e. The smallest absolute Gasteiger partial charge is 0.342 e. The lowest BCUT2D eigenvalue weighted by molar-refractivity contribution is -0.150. The highest BCUT2D eigenvalue weighted by Crippen LogP contribution is 2.42. The van der Waals surface area contributed by atoms with Crippen molar-refractivity contribution in [3.63, 3.8) is 0 Å². The Morgan fingerprint density at radius 1 is 1.16 bits per heavy atom. The molecule has 0 radical (unpaired) electrons. The summed E-state index contributed by atoms with van der Waals surface area (Å²) in [4.78, 5) is 27.2. The summed E-state index contributed by atoms with van der Waals surface area (Å²) in [5.74, 6) is -0.271. The van der Waals surface area contributed by atoms with Crippen LogP contribution in [0.1, 0.15) is 48.4 Å². The van der Waals surface area contributed by atoms with Crippen molar-refractivity contribution in [1.29, 1.82) is 0 Å². The van der Waals surface area contributed by atoms with Crippen LogP contribution in [-0.4, -0.2) is 48.2 Å². The number of likely N-dealkylation sites (tertiary alicyclic amines) is 1. The van der Waals surface area contributed by atoms with E-state index in [-0.39, 0.29) is 24.2 Å². The third-order valence-corrected chi connectivity index (χ3v) is 6.09. The SMILES string of the molecule is CCOC(=O)c1c(C)oc2c1c(CN1CCC[C@@H](C(=O)OCC)C1)c(O)c1ccccc12. The summed E-state index contributed by atoms with van der Waals surface area (Å²) >= 11 is 0. The zero-order valence-electron chi connectivity index (χ0n) is 18.8. The molecule has 0 aliphatic carbocycles. The van der Waals surface area contributed by atoms with E-state index in [9.17, 15) is 14.7 Å². The highest BCUT2D eigenvalue weighted by molar-refractivity contribution is 6.16. The highest BCUT2D eigenvalue weighted by atomic mass is 16.5. The molecule has 7 heteroatoms. The number of carbonyl (C=O) groups excluding carboxylic acids is 2. The van der Waals surface area contributed by atoms with Gasteiger partial charge >= 0.3 is 11.9 Å². The summed E-state index contributed by atoms with van der Waals surface area (Å²) in [6.07, 6.45) is 1.64. The third-order valence-electron chi connectivity index (χ3n) is 6.09. The van der Waals surface area contributed by atoms with Crippen molar-refractivity contribution in [1.82, 2.24) is 4.90 Å². The maximum absolute atomic E-state index is 12.8. The molecule has 1 aromatic heterocycles. The Morgan fingerprint density at radius 2 is 1.88 bits per heavy atom. The number of rotatable bonds is 6. The molecule has 1 fully saturated rings.